The summed E-state index contributed by atoms with van der Waals surface area (Å²) < 4.78 is 2.11. The van der Waals surface area contributed by atoms with Crippen LogP contribution in [0.4, 0.5) is 5.82 Å². The quantitative estimate of drug-likeness (QED) is 0.797. The first kappa shape index (κ1) is 17.8. The summed E-state index contributed by atoms with van der Waals surface area (Å²) >= 11 is 0. The van der Waals surface area contributed by atoms with Crippen molar-refractivity contribution in [3.63, 3.8) is 0 Å². The molecule has 0 bridgehead atoms. The second-order valence-electron chi connectivity index (χ2n) is 8.34. The molecule has 1 amide bonds. The molecule has 2 aliphatic heterocycles. The fourth-order valence-corrected chi connectivity index (χ4v) is 4.40. The van der Waals surface area contributed by atoms with Gasteiger partial charge in [-0.15, -0.1) is 10.2 Å². The number of likely N-dealkylation sites (tertiary alicyclic amines) is 1. The molecule has 0 aromatic carbocycles. The van der Waals surface area contributed by atoms with Crippen LogP contribution in [0.5, 0.6) is 0 Å². The number of nitrogens with zero attached hydrogens (tertiary/aromatic N) is 7. The number of carbonyl (C=O) groups is 1. The molecule has 2 saturated heterocycles. The van der Waals surface area contributed by atoms with Crippen LogP contribution in [0.3, 0.4) is 0 Å². The molecule has 3 fully saturated rings. The molecule has 0 N–H and O–H groups in total. The lowest BCUT2D eigenvalue weighted by Crippen LogP contribution is -2.50. The number of fused-ring (bicyclic) bond motifs is 1. The van der Waals surface area contributed by atoms with Gasteiger partial charge in [0.05, 0.1) is 6.54 Å². The molecule has 3 aliphatic rings. The van der Waals surface area contributed by atoms with E-state index in [0.29, 0.717) is 18.4 Å². The lowest BCUT2D eigenvalue weighted by Gasteiger charge is -2.35. The standard InChI is InChI=1S/C20H29N7O/c28-17(25-8-3-1-2-4-9-25)15-24-11-13-26(14-12-24)19-20-23-22-18(16-5-6-16)27(20)10-7-21-19/h7,10,16H,1-6,8-9,11-15H2. The van der Waals surface area contributed by atoms with E-state index in [1.165, 1.54) is 25.7 Å². The first-order valence-corrected chi connectivity index (χ1v) is 10.7. The highest BCUT2D eigenvalue weighted by Crippen LogP contribution is 2.39. The van der Waals surface area contributed by atoms with E-state index in [-0.39, 0.29) is 0 Å². The van der Waals surface area contributed by atoms with Gasteiger partial charge < -0.3 is 9.80 Å². The zero-order valence-corrected chi connectivity index (χ0v) is 16.5. The Morgan fingerprint density at radius 3 is 2.43 bits per heavy atom. The molecule has 0 spiro atoms. The number of amides is 1. The average Bonchev–Trinajstić information content (AvgIpc) is 3.52. The number of hydrogen-bond donors (Lipinski definition) is 0. The summed E-state index contributed by atoms with van der Waals surface area (Å²) in [6, 6.07) is 0. The number of carbonyl (C=O) groups excluding carboxylic acids is 1. The number of aromatic nitrogens is 4. The van der Waals surface area contributed by atoms with E-state index in [1.54, 1.807) is 0 Å². The lowest BCUT2D eigenvalue weighted by atomic mass is 10.2. The Balaban J connectivity index is 1.21. The third kappa shape index (κ3) is 3.57. The third-order valence-corrected chi connectivity index (χ3v) is 6.27. The molecule has 2 aromatic heterocycles. The second kappa shape index (κ2) is 7.66. The smallest absolute Gasteiger partial charge is 0.236 e. The SMILES string of the molecule is O=C(CN1CCN(c2nccn3c(C4CC4)nnc23)CC1)N1CCCCCC1. The fourth-order valence-electron chi connectivity index (χ4n) is 4.40. The minimum absolute atomic E-state index is 0.294. The molecular weight excluding hydrogens is 354 g/mol. The van der Waals surface area contributed by atoms with Gasteiger partial charge in [-0.1, -0.05) is 12.8 Å². The molecular formula is C20H29N7O. The van der Waals surface area contributed by atoms with E-state index in [1.807, 2.05) is 12.4 Å². The topological polar surface area (TPSA) is 69.9 Å². The Morgan fingerprint density at radius 1 is 0.964 bits per heavy atom. The van der Waals surface area contributed by atoms with Crippen LogP contribution in [0, 0.1) is 0 Å². The largest absolute Gasteiger partial charge is 0.351 e. The van der Waals surface area contributed by atoms with Gasteiger partial charge in [0.15, 0.2) is 5.82 Å². The highest BCUT2D eigenvalue weighted by molar-refractivity contribution is 5.78. The molecule has 0 radical (unpaired) electrons. The molecule has 4 heterocycles. The molecule has 28 heavy (non-hydrogen) atoms. The lowest BCUT2D eigenvalue weighted by molar-refractivity contribution is -0.132. The third-order valence-electron chi connectivity index (χ3n) is 6.27. The van der Waals surface area contributed by atoms with E-state index < -0.39 is 0 Å². The maximum atomic E-state index is 12.7. The van der Waals surface area contributed by atoms with Crippen molar-refractivity contribution in [3.05, 3.63) is 18.2 Å². The number of rotatable bonds is 4. The van der Waals surface area contributed by atoms with Crippen LogP contribution in [-0.2, 0) is 4.79 Å². The van der Waals surface area contributed by atoms with Crippen molar-refractivity contribution in [2.24, 2.45) is 0 Å². The Morgan fingerprint density at radius 2 is 1.71 bits per heavy atom. The fraction of sp³-hybridized carbons (Fsp3) is 0.700. The highest BCUT2D eigenvalue weighted by atomic mass is 16.2. The first-order chi connectivity index (χ1) is 13.8. The van der Waals surface area contributed by atoms with Crippen molar-refractivity contribution < 1.29 is 4.79 Å². The number of anilines is 1. The zero-order valence-electron chi connectivity index (χ0n) is 16.5. The average molecular weight is 384 g/mol. The van der Waals surface area contributed by atoms with Crippen molar-refractivity contribution in [3.8, 4) is 0 Å². The van der Waals surface area contributed by atoms with Crippen LogP contribution in [0.15, 0.2) is 12.4 Å². The number of hydrogen-bond acceptors (Lipinski definition) is 6. The minimum Gasteiger partial charge on any atom is -0.351 e. The van der Waals surface area contributed by atoms with Gasteiger partial charge >= 0.3 is 0 Å². The molecule has 8 nitrogen and oxygen atoms in total. The summed E-state index contributed by atoms with van der Waals surface area (Å²) in [6.45, 7) is 5.90. The summed E-state index contributed by atoms with van der Waals surface area (Å²) in [5.74, 6) is 2.84. The second-order valence-corrected chi connectivity index (χ2v) is 8.34. The maximum Gasteiger partial charge on any atom is 0.236 e. The van der Waals surface area contributed by atoms with Crippen LogP contribution in [0.1, 0.15) is 50.3 Å². The van der Waals surface area contributed by atoms with Crippen LogP contribution in [-0.4, -0.2) is 81.1 Å². The molecule has 5 rings (SSSR count). The summed E-state index contributed by atoms with van der Waals surface area (Å²) in [4.78, 5) is 23.9. The summed E-state index contributed by atoms with van der Waals surface area (Å²) in [7, 11) is 0. The molecule has 150 valence electrons. The van der Waals surface area contributed by atoms with Gasteiger partial charge in [-0.2, -0.15) is 0 Å². The van der Waals surface area contributed by atoms with Crippen molar-refractivity contribution in [1.82, 2.24) is 29.4 Å². The minimum atomic E-state index is 0.294. The molecule has 8 heteroatoms. The molecule has 1 aliphatic carbocycles. The first-order valence-electron chi connectivity index (χ1n) is 10.7. The van der Waals surface area contributed by atoms with Gasteiger partial charge in [-0.25, -0.2) is 4.98 Å². The Labute approximate surface area is 165 Å². The van der Waals surface area contributed by atoms with Gasteiger partial charge in [0.1, 0.15) is 5.82 Å². The van der Waals surface area contributed by atoms with Gasteiger partial charge in [0.25, 0.3) is 0 Å². The van der Waals surface area contributed by atoms with Crippen LogP contribution in [0.2, 0.25) is 0 Å². The Kier molecular flexibility index (Phi) is 4.88. The zero-order chi connectivity index (χ0) is 18.9. The monoisotopic (exact) mass is 383 g/mol. The summed E-state index contributed by atoms with van der Waals surface area (Å²) in [5, 5.41) is 8.84. The predicted molar refractivity (Wildman–Crippen MR) is 106 cm³/mol. The summed E-state index contributed by atoms with van der Waals surface area (Å²) in [5.41, 5.74) is 0.860. The van der Waals surface area contributed by atoms with Crippen LogP contribution >= 0.6 is 0 Å². The van der Waals surface area contributed by atoms with Crippen molar-refractivity contribution in [2.75, 3.05) is 50.7 Å². The Hall–Kier alpha value is -2.22. The molecule has 2 aromatic rings. The molecule has 0 atom stereocenters. The molecule has 0 unspecified atom stereocenters. The van der Waals surface area contributed by atoms with E-state index >= 15 is 0 Å². The van der Waals surface area contributed by atoms with E-state index in [0.717, 1.165) is 69.4 Å². The van der Waals surface area contributed by atoms with E-state index in [9.17, 15) is 4.79 Å². The van der Waals surface area contributed by atoms with Crippen molar-refractivity contribution in [1.29, 1.82) is 0 Å². The van der Waals surface area contributed by atoms with Crippen molar-refractivity contribution >= 4 is 17.4 Å². The summed E-state index contributed by atoms with van der Waals surface area (Å²) in [6.07, 6.45) is 11.1. The van der Waals surface area contributed by atoms with Crippen molar-refractivity contribution in [2.45, 2.75) is 44.4 Å². The van der Waals surface area contributed by atoms with Gasteiger partial charge in [0, 0.05) is 57.6 Å². The van der Waals surface area contributed by atoms with E-state index in [2.05, 4.69) is 34.3 Å². The maximum absolute atomic E-state index is 12.7. The van der Waals surface area contributed by atoms with Crippen LogP contribution < -0.4 is 4.90 Å². The molecule has 1 saturated carbocycles. The van der Waals surface area contributed by atoms with Crippen LogP contribution in [0.25, 0.3) is 5.65 Å². The van der Waals surface area contributed by atoms with Gasteiger partial charge in [-0.05, 0) is 25.7 Å². The van der Waals surface area contributed by atoms with Gasteiger partial charge in [0.2, 0.25) is 11.6 Å². The highest BCUT2D eigenvalue weighted by Gasteiger charge is 2.30. The predicted octanol–water partition coefficient (Wildman–Crippen LogP) is 1.53. The normalized spacial score (nSPS) is 21.9. The number of piperazine rings is 1. The van der Waals surface area contributed by atoms with E-state index in [4.69, 9.17) is 0 Å². The van der Waals surface area contributed by atoms with Gasteiger partial charge in [-0.3, -0.25) is 14.1 Å². The Bertz CT molecular complexity index is 830.